The predicted molar refractivity (Wildman–Crippen MR) is 195 cm³/mol. The van der Waals surface area contributed by atoms with Gasteiger partial charge in [0.05, 0.1) is 26.4 Å². The smallest absolute Gasteiger partial charge is 0.328 e. The summed E-state index contributed by atoms with van der Waals surface area (Å²) in [7, 11) is 2.04. The van der Waals surface area contributed by atoms with Gasteiger partial charge in [0.2, 0.25) is 35.4 Å². The van der Waals surface area contributed by atoms with Gasteiger partial charge in [-0.2, -0.15) is 0 Å². The standard InChI is InChI=1S/C32H52N6O14S2/c1-7-49-27(43)15-33-29(45)23(37-25(41)13-11-21(35-19(5)39)31(47)51-9-3)17-53-54-18-24(30(46)34-16-28(44)50-8-2)38-26(42)14-12-22(36-20(6)40)32(48)52-10-4/h21-24H,7-18H2,1-6H3,(H,33,45)(H,34,46)(H,35,39)(H,36,40)(H,37,41)(H,38,42)/t21-,22-,23-,24-/m0/s1. The molecule has 6 N–H and O–H groups in total. The number of carbonyl (C=O) groups is 10. The lowest BCUT2D eigenvalue weighted by Gasteiger charge is -2.21. The van der Waals surface area contributed by atoms with Crippen molar-refractivity contribution in [1.29, 1.82) is 0 Å². The fraction of sp³-hybridized carbons (Fsp3) is 0.688. The van der Waals surface area contributed by atoms with Gasteiger partial charge in [0.15, 0.2) is 0 Å². The molecule has 0 aromatic heterocycles. The number of hydrogen-bond donors (Lipinski definition) is 6. The van der Waals surface area contributed by atoms with Crippen LogP contribution in [-0.4, -0.2) is 135 Å². The summed E-state index contributed by atoms with van der Waals surface area (Å²) >= 11 is 0. The molecular weight excluding hydrogens is 757 g/mol. The Morgan fingerprint density at radius 2 is 0.815 bits per heavy atom. The normalized spacial score (nSPS) is 12.6. The van der Waals surface area contributed by atoms with E-state index >= 15 is 0 Å². The zero-order chi connectivity index (χ0) is 41.1. The number of nitrogens with one attached hydrogen (secondary N) is 6. The summed E-state index contributed by atoms with van der Waals surface area (Å²) in [6, 6.07) is -4.69. The maximum atomic E-state index is 13.0. The lowest BCUT2D eigenvalue weighted by molar-refractivity contribution is -0.148. The second-order valence-corrected chi connectivity index (χ2v) is 13.5. The molecule has 0 unspecified atom stereocenters. The van der Waals surface area contributed by atoms with Crippen LogP contribution in [-0.2, 0) is 66.9 Å². The quantitative estimate of drug-likeness (QED) is 0.0236. The van der Waals surface area contributed by atoms with Gasteiger partial charge in [0.1, 0.15) is 37.3 Å². The van der Waals surface area contributed by atoms with E-state index in [4.69, 9.17) is 18.9 Å². The van der Waals surface area contributed by atoms with Crippen molar-refractivity contribution in [2.75, 3.05) is 51.0 Å². The molecule has 0 aliphatic heterocycles. The van der Waals surface area contributed by atoms with Gasteiger partial charge in [-0.15, -0.1) is 0 Å². The van der Waals surface area contributed by atoms with Crippen LogP contribution in [0.15, 0.2) is 0 Å². The monoisotopic (exact) mass is 808 g/mol. The van der Waals surface area contributed by atoms with E-state index in [1.807, 2.05) is 0 Å². The predicted octanol–water partition coefficient (Wildman–Crippen LogP) is -1.61. The number of rotatable bonds is 27. The maximum Gasteiger partial charge on any atom is 0.328 e. The molecule has 0 saturated carbocycles. The van der Waals surface area contributed by atoms with Crippen molar-refractivity contribution in [1.82, 2.24) is 31.9 Å². The molecule has 0 heterocycles. The Bertz CT molecular complexity index is 1210. The third kappa shape index (κ3) is 23.1. The molecule has 0 aromatic rings. The molecular formula is C32H52N6O14S2. The molecule has 0 aromatic carbocycles. The van der Waals surface area contributed by atoms with Crippen LogP contribution in [0, 0.1) is 0 Å². The van der Waals surface area contributed by atoms with Gasteiger partial charge in [-0.05, 0) is 40.5 Å². The van der Waals surface area contributed by atoms with Crippen molar-refractivity contribution in [2.24, 2.45) is 0 Å². The Labute approximate surface area is 321 Å². The van der Waals surface area contributed by atoms with Crippen molar-refractivity contribution in [3.05, 3.63) is 0 Å². The molecule has 0 aliphatic rings. The first-order valence-corrected chi connectivity index (χ1v) is 19.6. The van der Waals surface area contributed by atoms with Crippen molar-refractivity contribution in [2.45, 2.75) is 91.4 Å². The first kappa shape index (κ1) is 49.4. The molecule has 0 aliphatic carbocycles. The fourth-order valence-corrected chi connectivity index (χ4v) is 6.47. The van der Waals surface area contributed by atoms with Gasteiger partial charge in [-0.25, -0.2) is 9.59 Å². The fourth-order valence-electron chi connectivity index (χ4n) is 4.15. The first-order chi connectivity index (χ1) is 25.6. The third-order valence-corrected chi connectivity index (χ3v) is 8.92. The lowest BCUT2D eigenvalue weighted by atomic mass is 10.1. The van der Waals surface area contributed by atoms with Crippen molar-refractivity contribution in [3.63, 3.8) is 0 Å². The molecule has 0 fully saturated rings. The lowest BCUT2D eigenvalue weighted by Crippen LogP contribution is -2.50. The molecule has 54 heavy (non-hydrogen) atoms. The van der Waals surface area contributed by atoms with E-state index in [-0.39, 0.29) is 63.6 Å². The van der Waals surface area contributed by atoms with Gasteiger partial charge in [0.25, 0.3) is 0 Å². The minimum absolute atomic E-state index is 0.0465. The van der Waals surface area contributed by atoms with Crippen LogP contribution in [0.3, 0.4) is 0 Å². The molecule has 306 valence electrons. The number of amides is 6. The average molecular weight is 809 g/mol. The summed E-state index contributed by atoms with van der Waals surface area (Å²) in [5.74, 6) is -7.01. The van der Waals surface area contributed by atoms with Crippen molar-refractivity contribution >= 4 is 80.9 Å². The second-order valence-electron chi connectivity index (χ2n) is 10.9. The topological polar surface area (TPSA) is 280 Å². The molecule has 0 saturated heterocycles. The molecule has 20 nitrogen and oxygen atoms in total. The Hall–Kier alpha value is -4.60. The van der Waals surface area contributed by atoms with Gasteiger partial charge in [-0.1, -0.05) is 21.6 Å². The summed E-state index contributed by atoms with van der Waals surface area (Å²) < 4.78 is 19.5. The molecule has 0 bridgehead atoms. The third-order valence-electron chi connectivity index (χ3n) is 6.50. The Balaban J connectivity index is 5.75. The van der Waals surface area contributed by atoms with E-state index in [1.54, 1.807) is 27.7 Å². The Morgan fingerprint density at radius 3 is 1.11 bits per heavy atom. The highest BCUT2D eigenvalue weighted by atomic mass is 33.1. The number of ether oxygens (including phenoxy) is 4. The van der Waals surface area contributed by atoms with E-state index < -0.39 is 96.6 Å². The summed E-state index contributed by atoms with van der Waals surface area (Å²) in [5.41, 5.74) is 0. The van der Waals surface area contributed by atoms with Gasteiger partial charge in [0, 0.05) is 38.2 Å². The zero-order valence-corrected chi connectivity index (χ0v) is 33.0. The number of hydrogen-bond acceptors (Lipinski definition) is 16. The van der Waals surface area contributed by atoms with Crippen LogP contribution in [0.4, 0.5) is 0 Å². The van der Waals surface area contributed by atoms with Gasteiger partial charge in [-0.3, -0.25) is 38.4 Å². The van der Waals surface area contributed by atoms with Crippen LogP contribution in [0.5, 0.6) is 0 Å². The minimum Gasteiger partial charge on any atom is -0.465 e. The summed E-state index contributed by atoms with van der Waals surface area (Å²) in [5, 5.41) is 14.6. The maximum absolute atomic E-state index is 13.0. The molecule has 4 atom stereocenters. The molecule has 6 amide bonds. The van der Waals surface area contributed by atoms with Crippen molar-refractivity contribution < 1.29 is 66.9 Å². The Kier molecular flexibility index (Phi) is 26.4. The van der Waals surface area contributed by atoms with Gasteiger partial charge < -0.3 is 50.8 Å². The van der Waals surface area contributed by atoms with Crippen LogP contribution in [0.2, 0.25) is 0 Å². The van der Waals surface area contributed by atoms with Crippen LogP contribution in [0.25, 0.3) is 0 Å². The van der Waals surface area contributed by atoms with Crippen molar-refractivity contribution in [3.8, 4) is 0 Å². The summed E-state index contributed by atoms with van der Waals surface area (Å²) in [6.45, 7) is 7.98. The van der Waals surface area contributed by atoms with E-state index in [9.17, 15) is 47.9 Å². The molecule has 0 radical (unpaired) electrons. The van der Waals surface area contributed by atoms with Gasteiger partial charge >= 0.3 is 23.9 Å². The van der Waals surface area contributed by atoms with Crippen LogP contribution < -0.4 is 31.9 Å². The van der Waals surface area contributed by atoms with E-state index in [0.717, 1.165) is 21.6 Å². The first-order valence-electron chi connectivity index (χ1n) is 17.1. The number of carbonyl (C=O) groups excluding carboxylic acids is 10. The van der Waals surface area contributed by atoms with E-state index in [1.165, 1.54) is 13.8 Å². The second kappa shape index (κ2) is 28.8. The highest BCUT2D eigenvalue weighted by Crippen LogP contribution is 2.23. The Morgan fingerprint density at radius 1 is 0.481 bits per heavy atom. The van der Waals surface area contributed by atoms with E-state index in [0.29, 0.717) is 0 Å². The number of esters is 4. The summed E-state index contributed by atoms with van der Waals surface area (Å²) in [6.07, 6.45) is -0.873. The highest BCUT2D eigenvalue weighted by Gasteiger charge is 2.28. The zero-order valence-electron chi connectivity index (χ0n) is 31.3. The molecule has 22 heteroatoms. The highest BCUT2D eigenvalue weighted by molar-refractivity contribution is 8.76. The largest absolute Gasteiger partial charge is 0.465 e. The van der Waals surface area contributed by atoms with E-state index in [2.05, 4.69) is 31.9 Å². The SMILES string of the molecule is CCOC(=O)CNC(=O)[C@H](CSSC[C@H](NC(=O)CC[C@H](NC(C)=O)C(=O)OCC)C(=O)NCC(=O)OCC)NC(=O)CC[C@H](NC(C)=O)C(=O)OCC. The summed E-state index contributed by atoms with van der Waals surface area (Å²) in [4.78, 5) is 123. The van der Waals surface area contributed by atoms with Crippen LogP contribution >= 0.6 is 21.6 Å². The average Bonchev–Trinajstić information content (AvgIpc) is 3.10. The molecule has 0 spiro atoms. The minimum atomic E-state index is -1.23. The molecule has 0 rings (SSSR count). The van der Waals surface area contributed by atoms with Crippen LogP contribution in [0.1, 0.15) is 67.2 Å².